The molecule has 5 nitrogen and oxygen atoms in total. The number of allylic oxidation sites excluding steroid dienone is 1. The minimum Gasteiger partial charge on any atom is -0.496 e. The van der Waals surface area contributed by atoms with Crippen LogP contribution in [0.25, 0.3) is 0 Å². The van der Waals surface area contributed by atoms with Gasteiger partial charge in [-0.1, -0.05) is 36.7 Å². The molecule has 0 amide bonds. The third-order valence-corrected chi connectivity index (χ3v) is 6.13. The lowest BCUT2D eigenvalue weighted by molar-refractivity contribution is -0.145. The Morgan fingerprint density at radius 3 is 2.81 bits per heavy atom. The van der Waals surface area contributed by atoms with Crippen molar-refractivity contribution in [2.24, 2.45) is 0 Å². The van der Waals surface area contributed by atoms with E-state index in [1.165, 1.54) is 18.9 Å². The molecule has 1 aromatic rings. The SMILES string of the molecule is CCCCN1C2=C(S/C1=C\C(=O)c1cc(Cl)ccc1OC)C(C)(C)OC2=O. The molecular weight excluding hydrogens is 386 g/mol. The number of halogens is 1. The van der Waals surface area contributed by atoms with Crippen LogP contribution in [0, 0.1) is 0 Å². The first kappa shape index (κ1) is 19.8. The van der Waals surface area contributed by atoms with Crippen molar-refractivity contribution < 1.29 is 19.1 Å². The van der Waals surface area contributed by atoms with E-state index in [1.807, 2.05) is 18.7 Å². The van der Waals surface area contributed by atoms with Gasteiger partial charge in [-0.05, 0) is 38.5 Å². The summed E-state index contributed by atoms with van der Waals surface area (Å²) in [5.74, 6) is -0.0925. The van der Waals surface area contributed by atoms with Crippen LogP contribution in [0.2, 0.25) is 5.02 Å². The number of esters is 1. The fourth-order valence-corrected chi connectivity index (χ4v) is 4.50. The van der Waals surface area contributed by atoms with Gasteiger partial charge in [0.05, 0.1) is 22.6 Å². The average Bonchev–Trinajstić information content (AvgIpc) is 3.08. The monoisotopic (exact) mass is 407 g/mol. The average molecular weight is 408 g/mol. The predicted octanol–water partition coefficient (Wildman–Crippen LogP) is 4.77. The molecule has 27 heavy (non-hydrogen) atoms. The smallest absolute Gasteiger partial charge is 0.356 e. The first-order valence-corrected chi connectivity index (χ1v) is 10.0. The van der Waals surface area contributed by atoms with Gasteiger partial charge in [0.15, 0.2) is 5.78 Å². The lowest BCUT2D eigenvalue weighted by Crippen LogP contribution is -2.26. The van der Waals surface area contributed by atoms with Crippen molar-refractivity contribution in [2.75, 3.05) is 13.7 Å². The summed E-state index contributed by atoms with van der Waals surface area (Å²) in [6.45, 7) is 6.46. The minimum atomic E-state index is -0.687. The Bertz CT molecular complexity index is 860. The summed E-state index contributed by atoms with van der Waals surface area (Å²) in [6.07, 6.45) is 3.43. The van der Waals surface area contributed by atoms with Gasteiger partial charge in [0.1, 0.15) is 17.0 Å². The molecule has 3 rings (SSSR count). The number of benzene rings is 1. The van der Waals surface area contributed by atoms with Crippen molar-refractivity contribution in [3.05, 3.63) is 50.5 Å². The minimum absolute atomic E-state index is 0.217. The fraction of sp³-hybridized carbons (Fsp3) is 0.400. The van der Waals surface area contributed by atoms with Gasteiger partial charge in [-0.3, -0.25) is 4.79 Å². The van der Waals surface area contributed by atoms with Crippen LogP contribution in [-0.4, -0.2) is 35.9 Å². The highest BCUT2D eigenvalue weighted by Crippen LogP contribution is 2.51. The summed E-state index contributed by atoms with van der Waals surface area (Å²) < 4.78 is 10.8. The zero-order chi connectivity index (χ0) is 19.8. The highest BCUT2D eigenvalue weighted by Gasteiger charge is 2.48. The van der Waals surface area contributed by atoms with Gasteiger partial charge in [-0.2, -0.15) is 0 Å². The summed E-state index contributed by atoms with van der Waals surface area (Å²) in [4.78, 5) is 28.1. The Labute approximate surface area is 168 Å². The third kappa shape index (κ3) is 3.73. The number of ether oxygens (including phenoxy) is 2. The molecule has 0 saturated carbocycles. The summed E-state index contributed by atoms with van der Waals surface area (Å²) in [5, 5.41) is 1.19. The molecule has 0 atom stereocenters. The lowest BCUT2D eigenvalue weighted by Gasteiger charge is -2.24. The molecule has 2 aliphatic heterocycles. The molecule has 1 aromatic carbocycles. The quantitative estimate of drug-likeness (QED) is 0.384. The molecule has 0 unspecified atom stereocenters. The van der Waals surface area contributed by atoms with Crippen molar-refractivity contribution in [3.63, 3.8) is 0 Å². The second-order valence-electron chi connectivity index (χ2n) is 6.88. The lowest BCUT2D eigenvalue weighted by atomic mass is 10.1. The number of ketones is 1. The van der Waals surface area contributed by atoms with Crippen LogP contribution in [0.4, 0.5) is 0 Å². The number of carbonyl (C=O) groups is 2. The van der Waals surface area contributed by atoms with Crippen LogP contribution < -0.4 is 4.74 Å². The van der Waals surface area contributed by atoms with Crippen molar-refractivity contribution >= 4 is 35.1 Å². The van der Waals surface area contributed by atoms with Gasteiger partial charge in [0.25, 0.3) is 0 Å². The molecule has 144 valence electrons. The Balaban J connectivity index is 1.97. The summed E-state index contributed by atoms with van der Waals surface area (Å²) >= 11 is 7.47. The van der Waals surface area contributed by atoms with Gasteiger partial charge in [0.2, 0.25) is 0 Å². The maximum Gasteiger partial charge on any atom is 0.356 e. The second kappa shape index (κ2) is 7.60. The number of cyclic esters (lactones) is 1. The van der Waals surface area contributed by atoms with E-state index in [9.17, 15) is 9.59 Å². The molecule has 0 aromatic heterocycles. The number of carbonyl (C=O) groups excluding carboxylic acids is 2. The Morgan fingerprint density at radius 2 is 2.15 bits per heavy atom. The van der Waals surface area contributed by atoms with Crippen LogP contribution in [0.3, 0.4) is 0 Å². The highest BCUT2D eigenvalue weighted by molar-refractivity contribution is 8.07. The van der Waals surface area contributed by atoms with Crippen molar-refractivity contribution in [1.82, 2.24) is 4.90 Å². The van der Waals surface area contributed by atoms with Gasteiger partial charge in [-0.25, -0.2) is 4.79 Å². The number of hydrogen-bond donors (Lipinski definition) is 0. The van der Waals surface area contributed by atoms with Crippen molar-refractivity contribution in [1.29, 1.82) is 0 Å². The largest absolute Gasteiger partial charge is 0.496 e. The molecule has 0 saturated heterocycles. The van der Waals surface area contributed by atoms with E-state index in [0.717, 1.165) is 22.8 Å². The fourth-order valence-electron chi connectivity index (χ4n) is 3.09. The molecule has 7 heteroatoms. The van der Waals surface area contributed by atoms with E-state index in [4.69, 9.17) is 21.1 Å². The topological polar surface area (TPSA) is 55.8 Å². The molecule has 0 spiro atoms. The van der Waals surface area contributed by atoms with Crippen molar-refractivity contribution in [2.45, 2.75) is 39.2 Å². The van der Waals surface area contributed by atoms with Gasteiger partial charge >= 0.3 is 5.97 Å². The highest BCUT2D eigenvalue weighted by atomic mass is 35.5. The maximum atomic E-state index is 12.9. The number of thioether (sulfide) groups is 1. The van der Waals surface area contributed by atoms with Gasteiger partial charge in [0, 0.05) is 17.6 Å². The van der Waals surface area contributed by atoms with Crippen LogP contribution >= 0.6 is 23.4 Å². The zero-order valence-corrected chi connectivity index (χ0v) is 17.4. The molecule has 0 bridgehead atoms. The molecule has 0 aliphatic carbocycles. The number of hydrogen-bond acceptors (Lipinski definition) is 6. The van der Waals surface area contributed by atoms with Crippen LogP contribution in [0.5, 0.6) is 5.75 Å². The maximum absolute atomic E-state index is 12.9. The summed E-state index contributed by atoms with van der Waals surface area (Å²) in [6, 6.07) is 4.94. The molecule has 0 N–H and O–H groups in total. The van der Waals surface area contributed by atoms with Crippen molar-refractivity contribution in [3.8, 4) is 5.75 Å². The Hall–Kier alpha value is -1.92. The molecule has 2 heterocycles. The van der Waals surface area contributed by atoms with E-state index in [1.54, 1.807) is 24.3 Å². The predicted molar refractivity (Wildman–Crippen MR) is 107 cm³/mol. The van der Waals surface area contributed by atoms with Crippen LogP contribution in [0.1, 0.15) is 44.0 Å². The van der Waals surface area contributed by atoms with Gasteiger partial charge < -0.3 is 14.4 Å². The van der Waals surface area contributed by atoms with E-state index < -0.39 is 5.60 Å². The summed E-state index contributed by atoms with van der Waals surface area (Å²) in [5.41, 5.74) is 0.256. The number of nitrogens with zero attached hydrogens (tertiary/aromatic N) is 1. The third-order valence-electron chi connectivity index (χ3n) is 4.46. The van der Waals surface area contributed by atoms with E-state index in [2.05, 4.69) is 6.92 Å². The van der Waals surface area contributed by atoms with E-state index in [0.29, 0.717) is 28.6 Å². The van der Waals surface area contributed by atoms with E-state index >= 15 is 0 Å². The van der Waals surface area contributed by atoms with E-state index in [-0.39, 0.29) is 11.8 Å². The molecule has 0 fully saturated rings. The number of methoxy groups -OCH3 is 1. The molecule has 0 radical (unpaired) electrons. The first-order chi connectivity index (χ1) is 12.8. The molecular formula is C20H22ClNO4S. The number of rotatable bonds is 6. The number of unbranched alkanes of at least 4 members (excludes halogenated alkanes) is 1. The second-order valence-corrected chi connectivity index (χ2v) is 8.34. The molecule has 2 aliphatic rings. The van der Waals surface area contributed by atoms with Crippen LogP contribution in [0.15, 0.2) is 39.9 Å². The Morgan fingerprint density at radius 1 is 1.41 bits per heavy atom. The standard InChI is InChI=1S/C20H22ClNO4S/c1-5-6-9-22-16(27-18-17(22)19(24)26-20(18,2)3)11-14(23)13-10-12(21)7-8-15(13)25-4/h7-8,10-11H,5-6,9H2,1-4H3/b16-11-. The van der Waals surface area contributed by atoms with Gasteiger partial charge in [-0.15, -0.1) is 0 Å². The first-order valence-electron chi connectivity index (χ1n) is 8.81. The normalized spacial score (nSPS) is 19.5. The summed E-state index contributed by atoms with van der Waals surface area (Å²) in [7, 11) is 1.51. The Kier molecular flexibility index (Phi) is 5.58. The van der Waals surface area contributed by atoms with Crippen LogP contribution in [-0.2, 0) is 9.53 Å². The zero-order valence-electron chi connectivity index (χ0n) is 15.8.